The van der Waals surface area contributed by atoms with Crippen LogP contribution in [0.5, 0.6) is 5.75 Å². The van der Waals surface area contributed by atoms with E-state index in [1.165, 1.54) is 31.6 Å². The minimum absolute atomic E-state index is 0.0257. The fourth-order valence-electron chi connectivity index (χ4n) is 6.98. The molecule has 0 heterocycles. The van der Waals surface area contributed by atoms with Gasteiger partial charge in [-0.1, -0.05) is 23.4 Å². The summed E-state index contributed by atoms with van der Waals surface area (Å²) >= 11 is 0. The molecule has 0 amide bonds. The Morgan fingerprint density at radius 3 is 2.31 bits per heavy atom. The number of rotatable bonds is 8. The molecule has 6 rings (SSSR count). The van der Waals surface area contributed by atoms with Crippen LogP contribution in [0.2, 0.25) is 0 Å². The van der Waals surface area contributed by atoms with E-state index in [4.69, 9.17) is 15.1 Å². The van der Waals surface area contributed by atoms with Gasteiger partial charge >= 0.3 is 11.9 Å². The molecule has 7 heteroatoms. The Morgan fingerprint density at radius 2 is 1.69 bits per heavy atom. The van der Waals surface area contributed by atoms with Crippen molar-refractivity contribution in [2.45, 2.75) is 43.9 Å². The maximum Gasteiger partial charge on any atom is 0.344 e. The van der Waals surface area contributed by atoms with E-state index in [9.17, 15) is 14.7 Å². The van der Waals surface area contributed by atoms with Gasteiger partial charge in [-0.2, -0.15) is 0 Å². The smallest absolute Gasteiger partial charge is 0.344 e. The summed E-state index contributed by atoms with van der Waals surface area (Å²) in [5.41, 5.74) is 4.13. The molecule has 0 aromatic heterocycles. The minimum Gasteiger partial charge on any atom is -0.508 e. The first-order valence-corrected chi connectivity index (χ1v) is 12.1. The molecule has 4 saturated carbocycles. The second kappa shape index (κ2) is 9.21. The summed E-state index contributed by atoms with van der Waals surface area (Å²) in [7, 11) is 0. The van der Waals surface area contributed by atoms with Crippen molar-refractivity contribution in [1.82, 2.24) is 0 Å². The van der Waals surface area contributed by atoms with Crippen LogP contribution in [0.3, 0.4) is 0 Å². The maximum absolute atomic E-state index is 10.9. The number of phenols is 1. The first-order chi connectivity index (χ1) is 16.8. The van der Waals surface area contributed by atoms with Crippen molar-refractivity contribution in [2.24, 2.45) is 22.9 Å². The van der Waals surface area contributed by atoms with Crippen LogP contribution in [0.4, 0.5) is 0 Å². The molecule has 4 bridgehead atoms. The van der Waals surface area contributed by atoms with Gasteiger partial charge < -0.3 is 20.2 Å². The standard InChI is InChI=1S/C28H29NO6/c30-25-5-3-21(11-24(25)28-12-18-7-19(13-28)9-20(8-18)14-28)23-4-1-17(2-6-26(31)32)10-22(23)15-29-35-16-27(33)34/h1-6,10-11,15,18-20,30H,7-9,12-14,16H2,(H,31,32)(H,33,34)/b6-2+,29-15-. The highest BCUT2D eigenvalue weighted by Crippen LogP contribution is 2.62. The number of oxime groups is 1. The third-order valence-electron chi connectivity index (χ3n) is 7.87. The van der Waals surface area contributed by atoms with E-state index in [2.05, 4.69) is 11.2 Å². The van der Waals surface area contributed by atoms with Gasteiger partial charge in [0.1, 0.15) is 5.75 Å². The minimum atomic E-state index is -1.13. The summed E-state index contributed by atoms with van der Waals surface area (Å²) in [6.07, 6.45) is 11.3. The molecule has 0 unspecified atom stereocenters. The van der Waals surface area contributed by atoms with Gasteiger partial charge in [0, 0.05) is 17.2 Å². The Kier molecular flexibility index (Phi) is 6.09. The Labute approximate surface area is 203 Å². The number of hydrogen-bond acceptors (Lipinski definition) is 5. The van der Waals surface area contributed by atoms with Crippen molar-refractivity contribution in [3.05, 3.63) is 59.2 Å². The van der Waals surface area contributed by atoms with Gasteiger partial charge in [0.15, 0.2) is 0 Å². The summed E-state index contributed by atoms with van der Waals surface area (Å²) in [5.74, 6) is 0.417. The molecule has 3 N–H and O–H groups in total. The number of phenolic OH excluding ortho intramolecular Hbond substituents is 1. The molecule has 0 radical (unpaired) electrons. The van der Waals surface area contributed by atoms with Gasteiger partial charge in [-0.25, -0.2) is 9.59 Å². The molecule has 7 nitrogen and oxygen atoms in total. The van der Waals surface area contributed by atoms with Crippen LogP contribution in [-0.4, -0.2) is 40.1 Å². The molecule has 2 aromatic carbocycles. The maximum atomic E-state index is 10.9. The fourth-order valence-corrected chi connectivity index (χ4v) is 6.98. The van der Waals surface area contributed by atoms with E-state index in [0.717, 1.165) is 59.8 Å². The van der Waals surface area contributed by atoms with E-state index in [0.29, 0.717) is 16.9 Å². The second-order valence-corrected chi connectivity index (χ2v) is 10.3. The van der Waals surface area contributed by atoms with Crippen LogP contribution in [-0.2, 0) is 19.8 Å². The zero-order valence-electron chi connectivity index (χ0n) is 19.4. The van der Waals surface area contributed by atoms with E-state index in [1.54, 1.807) is 12.1 Å². The van der Waals surface area contributed by atoms with Crippen molar-refractivity contribution in [2.75, 3.05) is 6.61 Å². The lowest BCUT2D eigenvalue weighted by Gasteiger charge is -2.57. The summed E-state index contributed by atoms with van der Waals surface area (Å²) in [4.78, 5) is 26.5. The molecule has 2 aromatic rings. The predicted molar refractivity (Wildman–Crippen MR) is 131 cm³/mol. The molecule has 4 fully saturated rings. The lowest BCUT2D eigenvalue weighted by Crippen LogP contribution is -2.48. The van der Waals surface area contributed by atoms with Crippen LogP contribution >= 0.6 is 0 Å². The third kappa shape index (κ3) is 4.81. The number of carboxylic acids is 2. The monoisotopic (exact) mass is 475 g/mol. The average Bonchev–Trinajstić information content (AvgIpc) is 2.80. The van der Waals surface area contributed by atoms with Crippen molar-refractivity contribution < 1.29 is 29.7 Å². The molecule has 4 aliphatic carbocycles. The average molecular weight is 476 g/mol. The van der Waals surface area contributed by atoms with E-state index in [1.807, 2.05) is 18.2 Å². The molecular formula is C28H29NO6. The molecule has 0 saturated heterocycles. The zero-order chi connectivity index (χ0) is 24.6. The highest BCUT2D eigenvalue weighted by atomic mass is 16.6. The zero-order valence-corrected chi connectivity index (χ0v) is 19.4. The Bertz CT molecular complexity index is 1180. The normalized spacial score (nSPS) is 27.0. The molecule has 4 aliphatic rings. The van der Waals surface area contributed by atoms with Crippen molar-refractivity contribution in [3.8, 4) is 16.9 Å². The number of aliphatic carboxylic acids is 2. The summed E-state index contributed by atoms with van der Waals surface area (Å²) in [5, 5.41) is 32.5. The van der Waals surface area contributed by atoms with E-state index in [-0.39, 0.29) is 5.41 Å². The molecule has 35 heavy (non-hydrogen) atoms. The van der Waals surface area contributed by atoms with Gasteiger partial charge in [0.25, 0.3) is 0 Å². The lowest BCUT2D eigenvalue weighted by atomic mass is 9.48. The van der Waals surface area contributed by atoms with Crippen LogP contribution in [0, 0.1) is 17.8 Å². The number of carboxylic acid groups (broad SMARTS) is 2. The second-order valence-electron chi connectivity index (χ2n) is 10.3. The van der Waals surface area contributed by atoms with Gasteiger partial charge in [0.05, 0.1) is 6.21 Å². The Morgan fingerprint density at radius 1 is 1.00 bits per heavy atom. The van der Waals surface area contributed by atoms with E-state index < -0.39 is 18.5 Å². The molecule has 0 spiro atoms. The Balaban J connectivity index is 1.52. The van der Waals surface area contributed by atoms with E-state index >= 15 is 0 Å². The SMILES string of the molecule is O=C(O)/C=C/c1ccc(-c2ccc(O)c(C34CC5CC(CC(C5)C3)C4)c2)c(/C=N\OCC(=O)O)c1. The van der Waals surface area contributed by atoms with Crippen LogP contribution in [0.15, 0.2) is 47.6 Å². The predicted octanol–water partition coefficient (Wildman–Crippen LogP) is 5.06. The number of hydrogen-bond donors (Lipinski definition) is 3. The first kappa shape index (κ1) is 23.1. The Hall–Kier alpha value is -3.61. The highest BCUT2D eigenvalue weighted by molar-refractivity contribution is 5.92. The van der Waals surface area contributed by atoms with Crippen LogP contribution < -0.4 is 0 Å². The molecule has 182 valence electrons. The third-order valence-corrected chi connectivity index (χ3v) is 7.87. The van der Waals surface area contributed by atoms with Gasteiger partial charge in [-0.15, -0.1) is 0 Å². The van der Waals surface area contributed by atoms with Gasteiger partial charge in [0.2, 0.25) is 6.61 Å². The molecule has 0 aliphatic heterocycles. The molecule has 0 atom stereocenters. The fraction of sp³-hybridized carbons (Fsp3) is 0.393. The quantitative estimate of drug-likeness (QED) is 0.279. The number of aromatic hydroxyl groups is 1. The van der Waals surface area contributed by atoms with Crippen molar-refractivity contribution in [3.63, 3.8) is 0 Å². The number of nitrogens with zero attached hydrogens (tertiary/aromatic N) is 1. The summed E-state index contributed by atoms with van der Waals surface area (Å²) in [6, 6.07) is 11.2. The van der Waals surface area contributed by atoms with Crippen molar-refractivity contribution in [1.29, 1.82) is 0 Å². The molecular weight excluding hydrogens is 446 g/mol. The first-order valence-electron chi connectivity index (χ1n) is 12.1. The number of carbonyl (C=O) groups is 2. The van der Waals surface area contributed by atoms with Crippen LogP contribution in [0.25, 0.3) is 17.2 Å². The van der Waals surface area contributed by atoms with Gasteiger partial charge in [-0.05, 0) is 103 Å². The summed E-state index contributed by atoms with van der Waals surface area (Å²) in [6.45, 7) is -0.556. The number of benzene rings is 2. The summed E-state index contributed by atoms with van der Waals surface area (Å²) < 4.78 is 0. The lowest BCUT2D eigenvalue weighted by molar-refractivity contribution is -0.142. The van der Waals surface area contributed by atoms with Crippen molar-refractivity contribution >= 4 is 24.2 Å². The van der Waals surface area contributed by atoms with Gasteiger partial charge in [-0.3, -0.25) is 0 Å². The topological polar surface area (TPSA) is 116 Å². The van der Waals surface area contributed by atoms with Crippen LogP contribution in [0.1, 0.15) is 55.2 Å². The highest BCUT2D eigenvalue weighted by Gasteiger charge is 2.52. The largest absolute Gasteiger partial charge is 0.508 e.